The minimum atomic E-state index is -0.688. The first-order valence-corrected chi connectivity index (χ1v) is 12.2. The van der Waals surface area contributed by atoms with Crippen LogP contribution in [0.3, 0.4) is 0 Å². The van der Waals surface area contributed by atoms with Crippen LogP contribution in [-0.2, 0) is 6.54 Å². The molecule has 0 unspecified atom stereocenters. The third-order valence-electron chi connectivity index (χ3n) is 5.19. The van der Waals surface area contributed by atoms with Crippen LogP contribution in [0.2, 0.25) is 0 Å². The first-order chi connectivity index (χ1) is 17.4. The molecule has 0 saturated heterocycles. The lowest BCUT2D eigenvalue weighted by Gasteiger charge is -2.25. The predicted octanol–water partition coefficient (Wildman–Crippen LogP) is 3.70. The molecule has 4 rings (SSSR count). The number of carbonyl (C=O) groups excluding carboxylic acids is 2. The van der Waals surface area contributed by atoms with Gasteiger partial charge in [-0.1, -0.05) is 6.07 Å². The Morgan fingerprint density at radius 2 is 1.89 bits per heavy atom. The van der Waals surface area contributed by atoms with Crippen molar-refractivity contribution in [2.45, 2.75) is 6.54 Å². The summed E-state index contributed by atoms with van der Waals surface area (Å²) in [6.45, 7) is 2.45. The number of hydrogen-bond acceptors (Lipinski definition) is 9. The summed E-state index contributed by atoms with van der Waals surface area (Å²) < 4.78 is 16.4. The van der Waals surface area contributed by atoms with E-state index < -0.39 is 6.09 Å². The SMILES string of the molecule is CN(C)CCN(Cc1ccc(OC(=O)Nc2cscc2N)nc1)C(=O)Nc1ccc2c(c1)OCCO2. The van der Waals surface area contributed by atoms with Gasteiger partial charge >= 0.3 is 12.1 Å². The highest BCUT2D eigenvalue weighted by molar-refractivity contribution is 7.09. The van der Waals surface area contributed by atoms with Gasteiger partial charge in [-0.3, -0.25) is 5.32 Å². The molecule has 11 nitrogen and oxygen atoms in total. The zero-order valence-corrected chi connectivity index (χ0v) is 20.8. The monoisotopic (exact) mass is 512 g/mol. The summed E-state index contributed by atoms with van der Waals surface area (Å²) in [6, 6.07) is 8.38. The molecule has 0 bridgehead atoms. The summed E-state index contributed by atoms with van der Waals surface area (Å²) in [5, 5.41) is 8.93. The average Bonchev–Trinajstić information content (AvgIpc) is 3.26. The van der Waals surface area contributed by atoms with Crippen molar-refractivity contribution in [2.75, 3.05) is 56.8 Å². The molecule has 3 amide bonds. The Balaban J connectivity index is 1.38. The molecule has 0 saturated carbocycles. The fourth-order valence-electron chi connectivity index (χ4n) is 3.32. The zero-order valence-electron chi connectivity index (χ0n) is 20.0. The number of ether oxygens (including phenoxy) is 3. The van der Waals surface area contributed by atoms with Crippen molar-refractivity contribution in [1.82, 2.24) is 14.8 Å². The van der Waals surface area contributed by atoms with E-state index in [-0.39, 0.29) is 11.9 Å². The van der Waals surface area contributed by atoms with Crippen LogP contribution in [0.4, 0.5) is 26.7 Å². The number of anilines is 3. The largest absolute Gasteiger partial charge is 0.486 e. The van der Waals surface area contributed by atoms with Gasteiger partial charge < -0.3 is 35.1 Å². The van der Waals surface area contributed by atoms with Gasteiger partial charge in [0.1, 0.15) is 13.2 Å². The molecule has 1 aliphatic rings. The van der Waals surface area contributed by atoms with Gasteiger partial charge in [-0.05, 0) is 31.8 Å². The van der Waals surface area contributed by atoms with Crippen LogP contribution in [0, 0.1) is 0 Å². The van der Waals surface area contributed by atoms with Crippen LogP contribution < -0.4 is 30.6 Å². The number of nitrogens with two attached hydrogens (primary N) is 1. The maximum Gasteiger partial charge on any atom is 0.418 e. The van der Waals surface area contributed by atoms with E-state index in [1.54, 1.807) is 52.2 Å². The summed E-state index contributed by atoms with van der Waals surface area (Å²) in [7, 11) is 3.89. The number of nitrogens with one attached hydrogen (secondary N) is 2. The van der Waals surface area contributed by atoms with E-state index in [1.165, 1.54) is 11.3 Å². The highest BCUT2D eigenvalue weighted by Crippen LogP contribution is 2.32. The molecule has 2 aromatic heterocycles. The summed E-state index contributed by atoms with van der Waals surface area (Å²) in [5.41, 5.74) is 8.11. The lowest BCUT2D eigenvalue weighted by molar-refractivity contribution is 0.171. The summed E-state index contributed by atoms with van der Waals surface area (Å²) in [5.74, 6) is 1.39. The van der Waals surface area contributed by atoms with Gasteiger partial charge in [-0.25, -0.2) is 14.6 Å². The molecule has 0 spiro atoms. The van der Waals surface area contributed by atoms with E-state index in [0.717, 1.165) is 5.56 Å². The number of carbonyl (C=O) groups is 2. The standard InChI is InChI=1S/C24H28N6O5S/c1-29(2)7-8-30(23(31)27-17-4-5-20-21(11-17)34-10-9-33-20)13-16-3-6-22(26-12-16)35-24(32)28-19-15-36-14-18(19)25/h3-6,11-12,14-15H,7-10,13,25H2,1-2H3,(H,27,31)(H,28,32). The lowest BCUT2D eigenvalue weighted by atomic mass is 10.2. The second kappa shape index (κ2) is 11.6. The summed E-state index contributed by atoms with van der Waals surface area (Å²) in [6.07, 6.45) is 0.883. The number of amides is 3. The second-order valence-corrected chi connectivity index (χ2v) is 9.02. The Labute approximate surface area is 212 Å². The van der Waals surface area contributed by atoms with E-state index >= 15 is 0 Å². The molecule has 12 heteroatoms. The Bertz CT molecular complexity index is 1200. The number of thiophene rings is 1. The summed E-state index contributed by atoms with van der Waals surface area (Å²) in [4.78, 5) is 33.1. The van der Waals surface area contributed by atoms with Crippen molar-refractivity contribution in [1.29, 1.82) is 0 Å². The van der Waals surface area contributed by atoms with Crippen molar-refractivity contribution >= 4 is 40.5 Å². The molecule has 1 aliphatic heterocycles. The topological polar surface area (TPSA) is 131 Å². The predicted molar refractivity (Wildman–Crippen MR) is 138 cm³/mol. The molecule has 1 aromatic carbocycles. The molecule has 190 valence electrons. The van der Waals surface area contributed by atoms with Gasteiger partial charge in [-0.2, -0.15) is 0 Å². The average molecular weight is 513 g/mol. The van der Waals surface area contributed by atoms with Gasteiger partial charge in [0, 0.05) is 54.4 Å². The fourth-order valence-corrected chi connectivity index (χ4v) is 3.99. The number of benzene rings is 1. The van der Waals surface area contributed by atoms with E-state index in [0.29, 0.717) is 61.4 Å². The van der Waals surface area contributed by atoms with Crippen molar-refractivity contribution in [3.05, 3.63) is 52.9 Å². The lowest BCUT2D eigenvalue weighted by Crippen LogP contribution is -2.39. The third-order valence-corrected chi connectivity index (χ3v) is 5.96. The molecular weight excluding hydrogens is 484 g/mol. The maximum atomic E-state index is 13.1. The Kier molecular flexibility index (Phi) is 8.08. The number of nitrogens with zero attached hydrogens (tertiary/aromatic N) is 3. The highest BCUT2D eigenvalue weighted by atomic mass is 32.1. The van der Waals surface area contributed by atoms with Crippen molar-refractivity contribution < 1.29 is 23.8 Å². The molecule has 4 N–H and O–H groups in total. The summed E-state index contributed by atoms with van der Waals surface area (Å²) >= 11 is 1.37. The van der Waals surface area contributed by atoms with Crippen molar-refractivity contribution in [3.63, 3.8) is 0 Å². The van der Waals surface area contributed by atoms with Gasteiger partial charge in [0.25, 0.3) is 0 Å². The molecular formula is C24H28N6O5S. The quantitative estimate of drug-likeness (QED) is 0.416. The number of aromatic nitrogens is 1. The van der Waals surface area contributed by atoms with E-state index in [2.05, 4.69) is 15.6 Å². The smallest absolute Gasteiger partial charge is 0.418 e. The molecule has 0 atom stereocenters. The van der Waals surface area contributed by atoms with Gasteiger partial charge in [0.2, 0.25) is 5.88 Å². The normalized spacial score (nSPS) is 12.2. The zero-order chi connectivity index (χ0) is 25.5. The first-order valence-electron chi connectivity index (χ1n) is 11.2. The Morgan fingerprint density at radius 1 is 1.08 bits per heavy atom. The second-order valence-electron chi connectivity index (χ2n) is 8.27. The maximum absolute atomic E-state index is 13.1. The molecule has 36 heavy (non-hydrogen) atoms. The van der Waals surface area contributed by atoms with Crippen molar-refractivity contribution in [2.24, 2.45) is 0 Å². The molecule has 0 radical (unpaired) electrons. The number of urea groups is 1. The van der Waals surface area contributed by atoms with E-state index in [4.69, 9.17) is 19.9 Å². The fraction of sp³-hybridized carbons (Fsp3) is 0.292. The molecule has 0 fully saturated rings. The number of rotatable bonds is 8. The van der Waals surface area contributed by atoms with Gasteiger partial charge in [-0.15, -0.1) is 11.3 Å². The van der Waals surface area contributed by atoms with Crippen molar-refractivity contribution in [3.8, 4) is 17.4 Å². The highest BCUT2D eigenvalue weighted by Gasteiger charge is 2.18. The minimum absolute atomic E-state index is 0.130. The van der Waals surface area contributed by atoms with Crippen LogP contribution in [0.5, 0.6) is 17.4 Å². The van der Waals surface area contributed by atoms with Gasteiger partial charge in [0.05, 0.1) is 11.4 Å². The van der Waals surface area contributed by atoms with Crippen LogP contribution >= 0.6 is 11.3 Å². The Hall–Kier alpha value is -4.03. The minimum Gasteiger partial charge on any atom is -0.486 e. The molecule has 0 aliphatic carbocycles. The number of pyridine rings is 1. The molecule has 3 heterocycles. The number of nitrogen functional groups attached to an aromatic ring is 1. The van der Waals surface area contributed by atoms with Crippen LogP contribution in [-0.4, -0.2) is 67.3 Å². The van der Waals surface area contributed by atoms with E-state index in [1.807, 2.05) is 19.0 Å². The number of fused-ring (bicyclic) bond motifs is 1. The van der Waals surface area contributed by atoms with Crippen LogP contribution in [0.25, 0.3) is 0 Å². The third kappa shape index (κ3) is 6.77. The Morgan fingerprint density at radius 3 is 2.58 bits per heavy atom. The number of likely N-dealkylation sites (N-methyl/N-ethyl adjacent to an activating group) is 1. The molecule has 3 aromatic rings. The van der Waals surface area contributed by atoms with E-state index in [9.17, 15) is 9.59 Å². The van der Waals surface area contributed by atoms with Crippen LogP contribution in [0.15, 0.2) is 47.3 Å². The van der Waals surface area contributed by atoms with Gasteiger partial charge in [0.15, 0.2) is 11.5 Å². The number of hydrogen-bond donors (Lipinski definition) is 3. The van der Waals surface area contributed by atoms with Crippen LogP contribution in [0.1, 0.15) is 5.56 Å². The first kappa shape index (κ1) is 25.1.